The number of nitrogens with one attached hydrogen (secondary N) is 1. The van der Waals surface area contributed by atoms with E-state index in [-0.39, 0.29) is 11.7 Å². The lowest BCUT2D eigenvalue weighted by atomic mass is 10.1. The van der Waals surface area contributed by atoms with Gasteiger partial charge in [0, 0.05) is 11.8 Å². The molecule has 0 bridgehead atoms. The molecule has 1 saturated carbocycles. The molecule has 0 heterocycles. The standard InChI is InChI=1S/C12H11FN2O2/c1-17-10-6-8(2-3-9(10)13)15-11(16)12(7-14)4-5-12/h2-3,6H,4-5H2,1H3,(H,15,16). The smallest absolute Gasteiger partial charge is 0.244 e. The third-order valence-electron chi connectivity index (χ3n) is 2.81. The Morgan fingerprint density at radius 1 is 1.59 bits per heavy atom. The average Bonchev–Trinajstić information content (AvgIpc) is 3.12. The van der Waals surface area contributed by atoms with E-state index in [2.05, 4.69) is 5.32 Å². The molecule has 4 nitrogen and oxygen atoms in total. The molecule has 88 valence electrons. The van der Waals surface area contributed by atoms with Gasteiger partial charge >= 0.3 is 0 Å². The summed E-state index contributed by atoms with van der Waals surface area (Å²) in [5.74, 6) is -0.773. The van der Waals surface area contributed by atoms with Crippen molar-refractivity contribution in [3.63, 3.8) is 0 Å². The first-order valence-corrected chi connectivity index (χ1v) is 5.17. The summed E-state index contributed by atoms with van der Waals surface area (Å²) in [6, 6.07) is 6.03. The number of anilines is 1. The van der Waals surface area contributed by atoms with Gasteiger partial charge in [0.05, 0.1) is 13.2 Å². The summed E-state index contributed by atoms with van der Waals surface area (Å²) in [7, 11) is 1.35. The number of carbonyl (C=O) groups is 1. The van der Waals surface area contributed by atoms with E-state index in [4.69, 9.17) is 10.00 Å². The van der Waals surface area contributed by atoms with Crippen LogP contribution in [0.4, 0.5) is 10.1 Å². The minimum absolute atomic E-state index is 0.0598. The van der Waals surface area contributed by atoms with E-state index in [1.165, 1.54) is 25.3 Å². The highest BCUT2D eigenvalue weighted by Gasteiger charge is 2.50. The van der Waals surface area contributed by atoms with Gasteiger partial charge in [-0.25, -0.2) is 4.39 Å². The number of ether oxygens (including phenoxy) is 1. The molecule has 0 aliphatic heterocycles. The van der Waals surface area contributed by atoms with E-state index in [0.29, 0.717) is 18.5 Å². The van der Waals surface area contributed by atoms with Gasteiger partial charge in [-0.05, 0) is 25.0 Å². The number of benzene rings is 1. The number of halogens is 1. The predicted molar refractivity (Wildman–Crippen MR) is 58.9 cm³/mol. The molecule has 1 aliphatic rings. The maximum absolute atomic E-state index is 13.1. The highest BCUT2D eigenvalue weighted by molar-refractivity contribution is 5.99. The molecular weight excluding hydrogens is 223 g/mol. The van der Waals surface area contributed by atoms with Crippen molar-refractivity contribution < 1.29 is 13.9 Å². The first kappa shape index (κ1) is 11.4. The fourth-order valence-corrected chi connectivity index (χ4v) is 1.50. The Balaban J connectivity index is 2.15. The van der Waals surface area contributed by atoms with E-state index in [9.17, 15) is 9.18 Å². The van der Waals surface area contributed by atoms with Crippen LogP contribution in [0.3, 0.4) is 0 Å². The Kier molecular flexibility index (Phi) is 2.72. The van der Waals surface area contributed by atoms with Gasteiger partial charge in [-0.2, -0.15) is 5.26 Å². The zero-order valence-electron chi connectivity index (χ0n) is 9.29. The molecule has 1 aromatic carbocycles. The highest BCUT2D eigenvalue weighted by Crippen LogP contribution is 2.45. The Morgan fingerprint density at radius 3 is 2.82 bits per heavy atom. The maximum atomic E-state index is 13.1. The van der Waals surface area contributed by atoms with Crippen molar-refractivity contribution in [1.29, 1.82) is 5.26 Å². The molecule has 1 fully saturated rings. The monoisotopic (exact) mass is 234 g/mol. The molecule has 1 amide bonds. The van der Waals surface area contributed by atoms with Crippen molar-refractivity contribution >= 4 is 11.6 Å². The summed E-state index contributed by atoms with van der Waals surface area (Å²) in [4.78, 5) is 11.7. The normalized spacial score (nSPS) is 15.8. The van der Waals surface area contributed by atoms with Crippen LogP contribution in [-0.4, -0.2) is 13.0 Å². The summed E-state index contributed by atoms with van der Waals surface area (Å²) in [5, 5.41) is 11.4. The lowest BCUT2D eigenvalue weighted by Crippen LogP contribution is -2.22. The van der Waals surface area contributed by atoms with Crippen molar-refractivity contribution in [2.75, 3.05) is 12.4 Å². The zero-order chi connectivity index (χ0) is 12.5. The minimum Gasteiger partial charge on any atom is -0.494 e. The second-order valence-electron chi connectivity index (χ2n) is 4.00. The molecule has 0 aromatic heterocycles. The number of rotatable bonds is 3. The van der Waals surface area contributed by atoms with Crippen LogP contribution >= 0.6 is 0 Å². The van der Waals surface area contributed by atoms with Gasteiger partial charge in [0.25, 0.3) is 0 Å². The molecule has 2 rings (SSSR count). The van der Waals surface area contributed by atoms with Crippen LogP contribution < -0.4 is 10.1 Å². The number of methoxy groups -OCH3 is 1. The van der Waals surface area contributed by atoms with Gasteiger partial charge in [-0.15, -0.1) is 0 Å². The number of carbonyl (C=O) groups excluding carboxylic acids is 1. The van der Waals surface area contributed by atoms with Crippen molar-refractivity contribution in [3.05, 3.63) is 24.0 Å². The molecule has 0 atom stereocenters. The third kappa shape index (κ3) is 2.07. The molecular formula is C12H11FN2O2. The molecule has 1 aromatic rings. The van der Waals surface area contributed by atoms with Crippen LogP contribution in [0.1, 0.15) is 12.8 Å². The molecule has 1 N–H and O–H groups in total. The summed E-state index contributed by atoms with van der Waals surface area (Å²) in [6.45, 7) is 0. The Hall–Kier alpha value is -2.09. The van der Waals surface area contributed by atoms with Crippen LogP contribution in [0.25, 0.3) is 0 Å². The Bertz CT molecular complexity index is 504. The van der Waals surface area contributed by atoms with E-state index < -0.39 is 11.2 Å². The summed E-state index contributed by atoms with van der Waals surface area (Å²) in [5.41, 5.74) is -0.462. The SMILES string of the molecule is COc1cc(NC(=O)C2(C#N)CC2)ccc1F. The third-order valence-corrected chi connectivity index (χ3v) is 2.81. The molecule has 1 aliphatic carbocycles. The van der Waals surface area contributed by atoms with Crippen LogP contribution in [0.2, 0.25) is 0 Å². The van der Waals surface area contributed by atoms with Gasteiger partial charge in [0.1, 0.15) is 5.41 Å². The zero-order valence-corrected chi connectivity index (χ0v) is 9.29. The van der Waals surface area contributed by atoms with Gasteiger partial charge in [0.2, 0.25) is 5.91 Å². The topological polar surface area (TPSA) is 62.1 Å². The van der Waals surface area contributed by atoms with E-state index in [1.54, 1.807) is 0 Å². The molecule has 0 spiro atoms. The van der Waals surface area contributed by atoms with Crippen molar-refractivity contribution in [2.45, 2.75) is 12.8 Å². The fourth-order valence-electron chi connectivity index (χ4n) is 1.50. The van der Waals surface area contributed by atoms with Crippen LogP contribution in [-0.2, 0) is 4.79 Å². The van der Waals surface area contributed by atoms with E-state index in [0.717, 1.165) is 0 Å². The quantitative estimate of drug-likeness (QED) is 0.870. The van der Waals surface area contributed by atoms with Crippen LogP contribution in [0.5, 0.6) is 5.75 Å². The first-order valence-electron chi connectivity index (χ1n) is 5.17. The minimum atomic E-state index is -0.887. The predicted octanol–water partition coefficient (Wildman–Crippen LogP) is 2.08. The largest absolute Gasteiger partial charge is 0.494 e. The Morgan fingerprint density at radius 2 is 2.29 bits per heavy atom. The number of amides is 1. The molecule has 0 radical (unpaired) electrons. The number of hydrogen-bond acceptors (Lipinski definition) is 3. The van der Waals surface area contributed by atoms with E-state index in [1.807, 2.05) is 6.07 Å². The summed E-state index contributed by atoms with van der Waals surface area (Å²) < 4.78 is 17.9. The molecule has 17 heavy (non-hydrogen) atoms. The Labute approximate surface area is 98.0 Å². The first-order chi connectivity index (χ1) is 8.11. The van der Waals surface area contributed by atoms with Gasteiger partial charge in [-0.3, -0.25) is 4.79 Å². The lowest BCUT2D eigenvalue weighted by Gasteiger charge is -2.09. The molecule has 5 heteroatoms. The van der Waals surface area contributed by atoms with Gasteiger partial charge < -0.3 is 10.1 Å². The number of nitrogens with zero attached hydrogens (tertiary/aromatic N) is 1. The molecule has 0 saturated heterocycles. The fraction of sp³-hybridized carbons (Fsp3) is 0.333. The average molecular weight is 234 g/mol. The number of hydrogen-bond donors (Lipinski definition) is 1. The van der Waals surface area contributed by atoms with Gasteiger partial charge in [0.15, 0.2) is 11.6 Å². The van der Waals surface area contributed by atoms with Crippen molar-refractivity contribution in [1.82, 2.24) is 0 Å². The van der Waals surface area contributed by atoms with Crippen molar-refractivity contribution in [2.24, 2.45) is 5.41 Å². The van der Waals surface area contributed by atoms with E-state index >= 15 is 0 Å². The summed E-state index contributed by atoms with van der Waals surface area (Å²) in [6.07, 6.45) is 1.15. The highest BCUT2D eigenvalue weighted by atomic mass is 19.1. The summed E-state index contributed by atoms with van der Waals surface area (Å²) >= 11 is 0. The lowest BCUT2D eigenvalue weighted by molar-refractivity contribution is -0.119. The van der Waals surface area contributed by atoms with Gasteiger partial charge in [-0.1, -0.05) is 0 Å². The van der Waals surface area contributed by atoms with Crippen LogP contribution in [0, 0.1) is 22.6 Å². The number of nitriles is 1. The van der Waals surface area contributed by atoms with Crippen LogP contribution in [0.15, 0.2) is 18.2 Å². The second kappa shape index (κ2) is 4.06. The van der Waals surface area contributed by atoms with Crippen molar-refractivity contribution in [3.8, 4) is 11.8 Å². The maximum Gasteiger partial charge on any atom is 0.244 e. The second-order valence-corrected chi connectivity index (χ2v) is 4.00. The molecule has 0 unspecified atom stereocenters.